The first-order valence-corrected chi connectivity index (χ1v) is 4.64. The Morgan fingerprint density at radius 1 is 1.50 bits per heavy atom. The van der Waals surface area contributed by atoms with Gasteiger partial charge in [-0.2, -0.15) is 0 Å². The molecule has 14 heavy (non-hydrogen) atoms. The van der Waals surface area contributed by atoms with Gasteiger partial charge in [0.15, 0.2) is 0 Å². The van der Waals surface area contributed by atoms with Crippen LogP contribution in [-0.2, 0) is 4.74 Å². The van der Waals surface area contributed by atoms with E-state index in [0.717, 1.165) is 12.1 Å². The van der Waals surface area contributed by atoms with Gasteiger partial charge in [0.05, 0.1) is 12.7 Å². The summed E-state index contributed by atoms with van der Waals surface area (Å²) in [6.07, 6.45) is -0.126. The number of benzene rings is 1. The molecule has 4 heteroatoms. The van der Waals surface area contributed by atoms with Gasteiger partial charge in [0, 0.05) is 24.3 Å². The summed E-state index contributed by atoms with van der Waals surface area (Å²) >= 11 is 0. The average Bonchev–Trinajstić information content (AvgIpc) is 2.23. The summed E-state index contributed by atoms with van der Waals surface area (Å²) < 4.78 is 18.5. The Bertz CT molecular complexity index is 324. The molecule has 76 valence electrons. The smallest absolute Gasteiger partial charge is 0.123 e. The first-order valence-electron chi connectivity index (χ1n) is 4.64. The Morgan fingerprint density at radius 3 is 3.07 bits per heavy atom. The van der Waals surface area contributed by atoms with Gasteiger partial charge >= 0.3 is 0 Å². The van der Waals surface area contributed by atoms with Gasteiger partial charge in [-0.25, -0.2) is 4.39 Å². The van der Waals surface area contributed by atoms with Crippen LogP contribution in [0.2, 0.25) is 0 Å². The average molecular weight is 196 g/mol. The highest BCUT2D eigenvalue weighted by atomic mass is 19.1. The maximum absolute atomic E-state index is 13.0. The normalized spacial score (nSPS) is 22.2. The van der Waals surface area contributed by atoms with Gasteiger partial charge in [0.2, 0.25) is 0 Å². The molecule has 0 spiro atoms. The highest BCUT2D eigenvalue weighted by Crippen LogP contribution is 2.25. The number of anilines is 1. The molecular weight excluding hydrogens is 183 g/mol. The molecule has 3 nitrogen and oxygen atoms in total. The zero-order valence-electron chi connectivity index (χ0n) is 7.79. The van der Waals surface area contributed by atoms with E-state index in [9.17, 15) is 4.39 Å². The largest absolute Gasteiger partial charge is 0.398 e. The van der Waals surface area contributed by atoms with Crippen LogP contribution < -0.4 is 11.1 Å². The minimum absolute atomic E-state index is 0.126. The Labute approximate surface area is 82.1 Å². The first kappa shape index (κ1) is 9.43. The molecule has 1 atom stereocenters. The number of nitrogens with one attached hydrogen (secondary N) is 1. The molecule has 1 aromatic carbocycles. The van der Waals surface area contributed by atoms with Crippen LogP contribution >= 0.6 is 0 Å². The lowest BCUT2D eigenvalue weighted by Gasteiger charge is -2.24. The summed E-state index contributed by atoms with van der Waals surface area (Å²) in [6.45, 7) is 2.17. The minimum atomic E-state index is -0.275. The molecule has 1 unspecified atom stereocenters. The minimum Gasteiger partial charge on any atom is -0.398 e. The standard InChI is InChI=1S/C10H13FN2O/c11-7-1-2-9(12)8(5-7)10-6-13-3-4-14-10/h1-2,5,10,13H,3-4,6,12H2. The zero-order chi connectivity index (χ0) is 9.97. The number of halogens is 1. The van der Waals surface area contributed by atoms with Crippen LogP contribution in [-0.4, -0.2) is 19.7 Å². The van der Waals surface area contributed by atoms with E-state index in [-0.39, 0.29) is 11.9 Å². The molecule has 1 saturated heterocycles. The van der Waals surface area contributed by atoms with E-state index < -0.39 is 0 Å². The Hall–Kier alpha value is -1.13. The van der Waals surface area contributed by atoms with E-state index >= 15 is 0 Å². The molecule has 0 aromatic heterocycles. The van der Waals surface area contributed by atoms with Crippen LogP contribution in [0.15, 0.2) is 18.2 Å². The van der Waals surface area contributed by atoms with Crippen molar-refractivity contribution in [2.75, 3.05) is 25.4 Å². The molecule has 0 amide bonds. The second kappa shape index (κ2) is 3.94. The second-order valence-electron chi connectivity index (χ2n) is 3.34. The van der Waals surface area contributed by atoms with E-state index in [4.69, 9.17) is 10.5 Å². The third kappa shape index (κ3) is 1.86. The lowest BCUT2D eigenvalue weighted by atomic mass is 10.1. The number of hydrogen-bond donors (Lipinski definition) is 2. The maximum atomic E-state index is 13.0. The lowest BCUT2D eigenvalue weighted by Crippen LogP contribution is -2.33. The molecule has 0 radical (unpaired) electrons. The molecule has 1 heterocycles. The Morgan fingerprint density at radius 2 is 2.36 bits per heavy atom. The van der Waals surface area contributed by atoms with Gasteiger partial charge in [-0.3, -0.25) is 0 Å². The number of nitrogen functional groups attached to an aromatic ring is 1. The summed E-state index contributed by atoms with van der Waals surface area (Å²) in [4.78, 5) is 0. The molecule has 2 rings (SSSR count). The van der Waals surface area contributed by atoms with Gasteiger partial charge in [-0.15, -0.1) is 0 Å². The SMILES string of the molecule is Nc1ccc(F)cc1C1CNCCO1. The zero-order valence-corrected chi connectivity index (χ0v) is 7.79. The van der Waals surface area contributed by atoms with Crippen molar-refractivity contribution in [3.8, 4) is 0 Å². The highest BCUT2D eigenvalue weighted by Gasteiger charge is 2.18. The van der Waals surface area contributed by atoms with Crippen LogP contribution in [0.5, 0.6) is 0 Å². The first-order chi connectivity index (χ1) is 6.77. The fourth-order valence-electron chi connectivity index (χ4n) is 1.59. The second-order valence-corrected chi connectivity index (χ2v) is 3.34. The third-order valence-corrected chi connectivity index (χ3v) is 2.32. The van der Waals surface area contributed by atoms with Crippen LogP contribution in [0.25, 0.3) is 0 Å². The van der Waals surface area contributed by atoms with Crippen molar-refractivity contribution in [3.05, 3.63) is 29.6 Å². The molecule has 1 aliphatic heterocycles. The quantitative estimate of drug-likeness (QED) is 0.660. The number of rotatable bonds is 1. The summed E-state index contributed by atoms with van der Waals surface area (Å²) in [5, 5.41) is 3.18. The number of hydrogen-bond acceptors (Lipinski definition) is 3. The van der Waals surface area contributed by atoms with Crippen molar-refractivity contribution in [2.45, 2.75) is 6.10 Å². The van der Waals surface area contributed by atoms with Gasteiger partial charge in [0.1, 0.15) is 5.82 Å². The van der Waals surface area contributed by atoms with Crippen molar-refractivity contribution in [1.82, 2.24) is 5.32 Å². The fourth-order valence-corrected chi connectivity index (χ4v) is 1.59. The van der Waals surface area contributed by atoms with E-state index in [1.54, 1.807) is 6.07 Å². The predicted octanol–water partition coefficient (Wildman–Crippen LogP) is 1.07. The molecular formula is C10H13FN2O. The molecule has 1 aliphatic rings. The molecule has 0 saturated carbocycles. The van der Waals surface area contributed by atoms with Crippen LogP contribution in [0.1, 0.15) is 11.7 Å². The molecule has 0 bridgehead atoms. The molecule has 1 aromatic rings. The molecule has 0 aliphatic carbocycles. The number of nitrogens with two attached hydrogens (primary N) is 1. The van der Waals surface area contributed by atoms with E-state index in [2.05, 4.69) is 5.32 Å². The highest BCUT2D eigenvalue weighted by molar-refractivity contribution is 5.48. The van der Waals surface area contributed by atoms with Gasteiger partial charge in [-0.05, 0) is 18.2 Å². The predicted molar refractivity (Wildman–Crippen MR) is 52.4 cm³/mol. The van der Waals surface area contributed by atoms with Crippen LogP contribution in [0.3, 0.4) is 0 Å². The Kier molecular flexibility index (Phi) is 2.65. The summed E-state index contributed by atoms with van der Waals surface area (Å²) in [5.41, 5.74) is 7.06. The Balaban J connectivity index is 2.24. The van der Waals surface area contributed by atoms with Crippen molar-refractivity contribution in [2.24, 2.45) is 0 Å². The number of ether oxygens (including phenoxy) is 1. The van der Waals surface area contributed by atoms with Gasteiger partial charge in [0.25, 0.3) is 0 Å². The fraction of sp³-hybridized carbons (Fsp3) is 0.400. The van der Waals surface area contributed by atoms with Crippen molar-refractivity contribution < 1.29 is 9.13 Å². The van der Waals surface area contributed by atoms with E-state index in [1.807, 2.05) is 0 Å². The summed E-state index contributed by atoms with van der Waals surface area (Å²) in [6, 6.07) is 4.37. The third-order valence-electron chi connectivity index (χ3n) is 2.32. The van der Waals surface area contributed by atoms with Gasteiger partial charge in [-0.1, -0.05) is 0 Å². The summed E-state index contributed by atoms with van der Waals surface area (Å²) in [5.74, 6) is -0.275. The summed E-state index contributed by atoms with van der Waals surface area (Å²) in [7, 11) is 0. The monoisotopic (exact) mass is 196 g/mol. The van der Waals surface area contributed by atoms with Crippen LogP contribution in [0.4, 0.5) is 10.1 Å². The van der Waals surface area contributed by atoms with Crippen LogP contribution in [0, 0.1) is 5.82 Å². The van der Waals surface area contributed by atoms with Crippen molar-refractivity contribution in [1.29, 1.82) is 0 Å². The number of morpholine rings is 1. The topological polar surface area (TPSA) is 47.3 Å². The lowest BCUT2D eigenvalue weighted by molar-refractivity contribution is 0.0280. The molecule has 1 fully saturated rings. The van der Waals surface area contributed by atoms with E-state index in [0.29, 0.717) is 18.8 Å². The van der Waals surface area contributed by atoms with Gasteiger partial charge < -0.3 is 15.8 Å². The van der Waals surface area contributed by atoms with Crippen molar-refractivity contribution in [3.63, 3.8) is 0 Å². The van der Waals surface area contributed by atoms with E-state index in [1.165, 1.54) is 12.1 Å². The molecule has 3 N–H and O–H groups in total. The van der Waals surface area contributed by atoms with Crippen molar-refractivity contribution >= 4 is 5.69 Å². The maximum Gasteiger partial charge on any atom is 0.123 e.